The van der Waals surface area contributed by atoms with Crippen molar-refractivity contribution in [2.24, 2.45) is 0 Å². The number of rotatable bonds is 8. The van der Waals surface area contributed by atoms with E-state index < -0.39 is 69.2 Å². The van der Waals surface area contributed by atoms with E-state index in [9.17, 15) is 29.3 Å². The minimum atomic E-state index is -4.74. The third kappa shape index (κ3) is 5.20. The Hall–Kier alpha value is -3.22. The van der Waals surface area contributed by atoms with Crippen LogP contribution in [0.2, 0.25) is 0 Å². The van der Waals surface area contributed by atoms with Crippen LogP contribution in [0.3, 0.4) is 0 Å². The fraction of sp³-hybridized carbons (Fsp3) is 0.526. The summed E-state index contributed by atoms with van der Waals surface area (Å²) in [6, 6.07) is 1.38. The van der Waals surface area contributed by atoms with E-state index in [0.29, 0.717) is 0 Å². The summed E-state index contributed by atoms with van der Waals surface area (Å²) < 4.78 is 36.8. The Morgan fingerprint density at radius 3 is 2.63 bits per heavy atom. The molecular weight excluding hydrogens is 531 g/mol. The summed E-state index contributed by atoms with van der Waals surface area (Å²) in [4.78, 5) is 48.4. The molecule has 0 spiro atoms. The molecule has 8 N–H and O–H groups in total. The highest BCUT2D eigenvalue weighted by molar-refractivity contribution is 7.47. The molecule has 1 unspecified atom stereocenters. The first kappa shape index (κ1) is 26.4. The number of nitrogens with one attached hydrogen (secondary N) is 1. The van der Waals surface area contributed by atoms with Gasteiger partial charge in [-0.2, -0.15) is 9.97 Å². The standard InChI is InChI=1S/C19H25N8O10P/c20-12-1-2-26(19(31)23-12)14-4-9(10(5-28)35-14)37-38(32,33)34-6-11-8(29)3-13(36-11)27-7-22-15-16(27)24-18(21)25-17(15)30/h1-2,7-11,13-14,28-29H,3-6H2,(H,32,33)(H2,20,23,31)(H3,21,24,25,30)/t8-,9-,10+,11+,13+,14+/m0/s1. The number of hydrogen-bond acceptors (Lipinski definition) is 14. The summed E-state index contributed by atoms with van der Waals surface area (Å²) in [6.45, 7) is -1.10. The molecule has 3 aromatic heterocycles. The van der Waals surface area contributed by atoms with Crippen LogP contribution < -0.4 is 22.7 Å². The fourth-order valence-corrected chi connectivity index (χ4v) is 5.31. The van der Waals surface area contributed by atoms with Crippen LogP contribution in [-0.2, 0) is 23.1 Å². The summed E-state index contributed by atoms with van der Waals surface area (Å²) in [6.07, 6.45) is -3.42. The van der Waals surface area contributed by atoms with E-state index in [0.717, 1.165) is 4.57 Å². The average molecular weight is 556 g/mol. The second kappa shape index (κ2) is 10.2. The number of anilines is 2. The van der Waals surface area contributed by atoms with Gasteiger partial charge in [-0.25, -0.2) is 14.3 Å². The smallest absolute Gasteiger partial charge is 0.394 e. The number of aliphatic hydroxyl groups excluding tert-OH is 2. The highest BCUT2D eigenvalue weighted by Crippen LogP contribution is 2.49. The Balaban J connectivity index is 1.22. The predicted molar refractivity (Wildman–Crippen MR) is 126 cm³/mol. The largest absolute Gasteiger partial charge is 0.472 e. The number of aliphatic hydroxyl groups is 2. The molecule has 38 heavy (non-hydrogen) atoms. The number of nitrogen functional groups attached to an aromatic ring is 2. The van der Waals surface area contributed by atoms with Gasteiger partial charge in [0.2, 0.25) is 5.95 Å². The number of imidazole rings is 1. The third-order valence-corrected chi connectivity index (χ3v) is 7.17. The van der Waals surface area contributed by atoms with E-state index >= 15 is 0 Å². The van der Waals surface area contributed by atoms with Crippen LogP contribution in [0.5, 0.6) is 0 Å². The number of H-pyrrole nitrogens is 1. The van der Waals surface area contributed by atoms with Gasteiger partial charge in [0.25, 0.3) is 5.56 Å². The molecular formula is C19H25N8O10P. The maximum atomic E-state index is 12.7. The van der Waals surface area contributed by atoms with Crippen LogP contribution in [0.4, 0.5) is 11.8 Å². The zero-order valence-corrected chi connectivity index (χ0v) is 20.5. The summed E-state index contributed by atoms with van der Waals surface area (Å²) in [5.74, 6) is -0.115. The van der Waals surface area contributed by atoms with Gasteiger partial charge < -0.3 is 36.0 Å². The number of nitrogens with two attached hydrogens (primary N) is 2. The Labute approximate surface area is 212 Å². The Bertz CT molecular complexity index is 1490. The summed E-state index contributed by atoms with van der Waals surface area (Å²) in [7, 11) is -4.74. The number of hydrogen-bond donors (Lipinski definition) is 6. The molecule has 3 aromatic rings. The first-order valence-electron chi connectivity index (χ1n) is 11.4. The van der Waals surface area contributed by atoms with Crippen molar-refractivity contribution < 1.29 is 38.2 Å². The predicted octanol–water partition coefficient (Wildman–Crippen LogP) is -2.03. The fourth-order valence-electron chi connectivity index (χ4n) is 4.35. The van der Waals surface area contributed by atoms with Crippen molar-refractivity contribution in [1.82, 2.24) is 29.1 Å². The molecule has 0 bridgehead atoms. The normalized spacial score (nSPS) is 29.1. The van der Waals surface area contributed by atoms with Crippen molar-refractivity contribution in [1.29, 1.82) is 0 Å². The van der Waals surface area contributed by atoms with Crippen LogP contribution in [0.1, 0.15) is 25.3 Å². The average Bonchev–Trinajstić information content (AvgIpc) is 3.54. The molecule has 2 aliphatic heterocycles. The Morgan fingerprint density at radius 2 is 1.89 bits per heavy atom. The first-order chi connectivity index (χ1) is 18.0. The van der Waals surface area contributed by atoms with Gasteiger partial charge in [0, 0.05) is 19.0 Å². The number of fused-ring (bicyclic) bond motifs is 1. The molecule has 18 nitrogen and oxygen atoms in total. The van der Waals surface area contributed by atoms with Crippen molar-refractivity contribution >= 4 is 30.8 Å². The topological polar surface area (TPSA) is 265 Å². The lowest BCUT2D eigenvalue weighted by molar-refractivity contribution is -0.0564. The second-order valence-electron chi connectivity index (χ2n) is 8.71. The molecule has 0 amide bonds. The van der Waals surface area contributed by atoms with E-state index in [1.807, 2.05) is 0 Å². The highest BCUT2D eigenvalue weighted by Gasteiger charge is 2.43. The molecule has 0 aliphatic carbocycles. The molecule has 0 radical (unpaired) electrons. The number of phosphoric acid groups is 1. The molecule has 7 atom stereocenters. The van der Waals surface area contributed by atoms with Crippen molar-refractivity contribution in [3.05, 3.63) is 39.4 Å². The third-order valence-electron chi connectivity index (χ3n) is 6.16. The van der Waals surface area contributed by atoms with Crippen LogP contribution in [0.15, 0.2) is 28.2 Å². The molecule has 2 saturated heterocycles. The van der Waals surface area contributed by atoms with Gasteiger partial charge in [-0.1, -0.05) is 0 Å². The molecule has 0 aromatic carbocycles. The SMILES string of the molecule is Nc1ccn([C@H]2C[C@H](OP(=O)(O)OC[C@H]3O[C@@H](n4cnc5c(=O)[nH]c(N)nc54)C[C@@H]3O)[C@@H](CO)O2)c(=O)n1. The lowest BCUT2D eigenvalue weighted by Crippen LogP contribution is -2.29. The van der Waals surface area contributed by atoms with Gasteiger partial charge in [-0.15, -0.1) is 0 Å². The first-order valence-corrected chi connectivity index (χ1v) is 12.9. The molecule has 5 heterocycles. The van der Waals surface area contributed by atoms with Gasteiger partial charge in [-0.05, 0) is 6.07 Å². The maximum absolute atomic E-state index is 12.7. The maximum Gasteiger partial charge on any atom is 0.472 e. The van der Waals surface area contributed by atoms with E-state index in [-0.39, 0.29) is 35.8 Å². The molecule has 2 fully saturated rings. The van der Waals surface area contributed by atoms with Crippen LogP contribution in [0, 0.1) is 0 Å². The monoisotopic (exact) mass is 556 g/mol. The molecule has 0 saturated carbocycles. The zero-order valence-electron chi connectivity index (χ0n) is 19.6. The minimum absolute atomic E-state index is 0.0119. The second-order valence-corrected chi connectivity index (χ2v) is 10.1. The molecule has 206 valence electrons. The summed E-state index contributed by atoms with van der Waals surface area (Å²) >= 11 is 0. The van der Waals surface area contributed by atoms with Crippen molar-refractivity contribution in [3.63, 3.8) is 0 Å². The van der Waals surface area contributed by atoms with Gasteiger partial charge in [0.05, 0.1) is 25.6 Å². The molecule has 2 aliphatic rings. The highest BCUT2D eigenvalue weighted by atomic mass is 31.2. The number of aromatic nitrogens is 6. The number of phosphoric ester groups is 1. The van der Waals surface area contributed by atoms with Crippen LogP contribution in [0.25, 0.3) is 11.2 Å². The van der Waals surface area contributed by atoms with E-state index in [1.54, 1.807) is 0 Å². The lowest BCUT2D eigenvalue weighted by Gasteiger charge is -2.21. The van der Waals surface area contributed by atoms with Gasteiger partial charge in [0.15, 0.2) is 11.2 Å². The van der Waals surface area contributed by atoms with Crippen molar-refractivity contribution in [2.45, 2.75) is 49.7 Å². The van der Waals surface area contributed by atoms with Gasteiger partial charge in [0.1, 0.15) is 36.6 Å². The molecule has 19 heteroatoms. The van der Waals surface area contributed by atoms with Crippen LogP contribution in [-0.4, -0.2) is 81.8 Å². The van der Waals surface area contributed by atoms with Gasteiger partial charge >= 0.3 is 13.5 Å². The zero-order chi connectivity index (χ0) is 27.2. The Kier molecular flexibility index (Phi) is 7.05. The lowest BCUT2D eigenvalue weighted by atomic mass is 10.2. The molecule has 5 rings (SSSR count). The van der Waals surface area contributed by atoms with E-state index in [4.69, 9.17) is 30.0 Å². The quantitative estimate of drug-likeness (QED) is 0.163. The number of nitrogens with zero attached hydrogens (tertiary/aromatic N) is 5. The van der Waals surface area contributed by atoms with Crippen LogP contribution >= 0.6 is 7.82 Å². The summed E-state index contributed by atoms with van der Waals surface area (Å²) in [5.41, 5.74) is 10.0. The summed E-state index contributed by atoms with van der Waals surface area (Å²) in [5, 5.41) is 20.1. The number of aromatic amines is 1. The van der Waals surface area contributed by atoms with Crippen molar-refractivity contribution in [3.8, 4) is 0 Å². The van der Waals surface area contributed by atoms with E-state index in [1.165, 1.54) is 23.2 Å². The van der Waals surface area contributed by atoms with E-state index in [2.05, 4.69) is 19.9 Å². The Morgan fingerprint density at radius 1 is 1.16 bits per heavy atom. The van der Waals surface area contributed by atoms with Crippen molar-refractivity contribution in [2.75, 3.05) is 24.7 Å². The number of ether oxygens (including phenoxy) is 2. The van der Waals surface area contributed by atoms with Gasteiger partial charge in [-0.3, -0.25) is 28.0 Å². The minimum Gasteiger partial charge on any atom is -0.394 e.